The third-order valence-corrected chi connectivity index (χ3v) is 3.39. The Morgan fingerprint density at radius 3 is 2.57 bits per heavy atom. The SMILES string of the molecule is CN(C)c1ccc(CNC(=O)CNC(=O)c2ccc(Br)o2)cn1. The molecular formula is C15H17BrN4O3. The molecule has 23 heavy (non-hydrogen) atoms. The number of pyridine rings is 1. The molecule has 7 nitrogen and oxygen atoms in total. The normalized spacial score (nSPS) is 10.2. The summed E-state index contributed by atoms with van der Waals surface area (Å²) in [7, 11) is 3.81. The number of rotatable bonds is 6. The van der Waals surface area contributed by atoms with E-state index in [0.29, 0.717) is 11.2 Å². The smallest absolute Gasteiger partial charge is 0.287 e. The monoisotopic (exact) mass is 380 g/mol. The van der Waals surface area contributed by atoms with E-state index in [1.807, 2.05) is 31.1 Å². The van der Waals surface area contributed by atoms with Gasteiger partial charge in [0.2, 0.25) is 5.91 Å². The second-order valence-corrected chi connectivity index (χ2v) is 5.76. The zero-order valence-corrected chi connectivity index (χ0v) is 14.4. The fourth-order valence-corrected chi connectivity index (χ4v) is 2.04. The molecule has 122 valence electrons. The van der Waals surface area contributed by atoms with Gasteiger partial charge in [-0.2, -0.15) is 0 Å². The van der Waals surface area contributed by atoms with Gasteiger partial charge in [-0.1, -0.05) is 6.07 Å². The number of anilines is 1. The van der Waals surface area contributed by atoms with E-state index < -0.39 is 5.91 Å². The van der Waals surface area contributed by atoms with Crippen molar-refractivity contribution in [1.29, 1.82) is 0 Å². The van der Waals surface area contributed by atoms with Crippen molar-refractivity contribution in [3.8, 4) is 0 Å². The summed E-state index contributed by atoms with van der Waals surface area (Å²) in [5.74, 6) is 0.258. The van der Waals surface area contributed by atoms with Gasteiger partial charge in [-0.25, -0.2) is 4.98 Å². The van der Waals surface area contributed by atoms with Crippen molar-refractivity contribution in [2.45, 2.75) is 6.54 Å². The number of hydrogen-bond donors (Lipinski definition) is 2. The predicted octanol–water partition coefficient (Wildman–Crippen LogP) is 1.55. The largest absolute Gasteiger partial charge is 0.444 e. The molecule has 2 heterocycles. The van der Waals surface area contributed by atoms with Gasteiger partial charge in [0.05, 0.1) is 6.54 Å². The van der Waals surface area contributed by atoms with E-state index in [-0.39, 0.29) is 18.2 Å². The Balaban J connectivity index is 1.75. The van der Waals surface area contributed by atoms with Crippen LogP contribution in [-0.4, -0.2) is 37.4 Å². The molecule has 0 radical (unpaired) electrons. The van der Waals surface area contributed by atoms with Crippen molar-refractivity contribution < 1.29 is 14.0 Å². The van der Waals surface area contributed by atoms with E-state index >= 15 is 0 Å². The zero-order chi connectivity index (χ0) is 16.8. The van der Waals surface area contributed by atoms with Gasteiger partial charge in [0, 0.05) is 26.8 Å². The molecule has 2 rings (SSSR count). The highest BCUT2D eigenvalue weighted by molar-refractivity contribution is 9.10. The van der Waals surface area contributed by atoms with Crippen LogP contribution in [0.2, 0.25) is 0 Å². The van der Waals surface area contributed by atoms with Crippen molar-refractivity contribution in [3.63, 3.8) is 0 Å². The first-order valence-corrected chi connectivity index (χ1v) is 7.67. The maximum Gasteiger partial charge on any atom is 0.287 e. The van der Waals surface area contributed by atoms with Gasteiger partial charge in [-0.3, -0.25) is 9.59 Å². The van der Waals surface area contributed by atoms with E-state index in [4.69, 9.17) is 4.42 Å². The molecule has 0 aliphatic heterocycles. The molecule has 0 aromatic carbocycles. The Bertz CT molecular complexity index is 682. The number of nitrogens with one attached hydrogen (secondary N) is 2. The summed E-state index contributed by atoms with van der Waals surface area (Å²) in [6.07, 6.45) is 1.70. The molecule has 0 aliphatic rings. The molecule has 2 aromatic heterocycles. The number of amides is 2. The Labute approximate surface area is 142 Å². The molecule has 2 amide bonds. The van der Waals surface area contributed by atoms with Crippen LogP contribution in [0.5, 0.6) is 0 Å². The summed E-state index contributed by atoms with van der Waals surface area (Å²) >= 11 is 3.11. The molecule has 0 fully saturated rings. The molecular weight excluding hydrogens is 364 g/mol. The van der Waals surface area contributed by atoms with Crippen LogP contribution in [0.1, 0.15) is 16.1 Å². The van der Waals surface area contributed by atoms with Crippen LogP contribution >= 0.6 is 15.9 Å². The lowest BCUT2D eigenvalue weighted by atomic mass is 10.3. The van der Waals surface area contributed by atoms with Crippen molar-refractivity contribution >= 4 is 33.6 Å². The summed E-state index contributed by atoms with van der Waals surface area (Å²) in [6, 6.07) is 6.90. The quantitative estimate of drug-likeness (QED) is 0.793. The van der Waals surface area contributed by atoms with Crippen LogP contribution in [0.3, 0.4) is 0 Å². The molecule has 0 saturated carbocycles. The number of hydrogen-bond acceptors (Lipinski definition) is 5. The zero-order valence-electron chi connectivity index (χ0n) is 12.8. The average Bonchev–Trinajstić information content (AvgIpc) is 2.97. The molecule has 2 aromatic rings. The van der Waals surface area contributed by atoms with Gasteiger partial charge < -0.3 is 20.0 Å². The van der Waals surface area contributed by atoms with E-state index in [9.17, 15) is 9.59 Å². The summed E-state index contributed by atoms with van der Waals surface area (Å²) in [6.45, 7) is 0.224. The molecule has 0 bridgehead atoms. The lowest BCUT2D eigenvalue weighted by Gasteiger charge is -2.11. The van der Waals surface area contributed by atoms with E-state index in [0.717, 1.165) is 11.4 Å². The van der Waals surface area contributed by atoms with Gasteiger partial charge in [-0.05, 0) is 39.7 Å². The minimum Gasteiger partial charge on any atom is -0.444 e. The topological polar surface area (TPSA) is 87.5 Å². The minimum atomic E-state index is -0.442. The number of carbonyl (C=O) groups is 2. The van der Waals surface area contributed by atoms with Gasteiger partial charge in [-0.15, -0.1) is 0 Å². The second-order valence-electron chi connectivity index (χ2n) is 4.98. The highest BCUT2D eigenvalue weighted by atomic mass is 79.9. The predicted molar refractivity (Wildman–Crippen MR) is 89.2 cm³/mol. The van der Waals surface area contributed by atoms with Crippen LogP contribution in [0.15, 0.2) is 39.5 Å². The lowest BCUT2D eigenvalue weighted by Crippen LogP contribution is -2.36. The maximum absolute atomic E-state index is 11.7. The molecule has 0 saturated heterocycles. The molecule has 8 heteroatoms. The fourth-order valence-electron chi connectivity index (χ4n) is 1.73. The van der Waals surface area contributed by atoms with Crippen LogP contribution in [-0.2, 0) is 11.3 Å². The van der Waals surface area contributed by atoms with E-state index in [1.165, 1.54) is 6.07 Å². The Hall–Kier alpha value is -2.35. The van der Waals surface area contributed by atoms with Crippen molar-refractivity contribution in [2.24, 2.45) is 0 Å². The van der Waals surface area contributed by atoms with Crippen LogP contribution < -0.4 is 15.5 Å². The standard InChI is InChI=1S/C15H17BrN4O3/c1-20(2)13-6-3-10(7-17-13)8-18-14(21)9-19-15(22)11-4-5-12(16)23-11/h3-7H,8-9H2,1-2H3,(H,18,21)(H,19,22). The average molecular weight is 381 g/mol. The van der Waals surface area contributed by atoms with Crippen molar-refractivity contribution in [1.82, 2.24) is 15.6 Å². The minimum absolute atomic E-state index is 0.125. The van der Waals surface area contributed by atoms with Gasteiger partial charge in [0.25, 0.3) is 5.91 Å². The summed E-state index contributed by atoms with van der Waals surface area (Å²) in [5, 5.41) is 5.20. The molecule has 0 spiro atoms. The number of furan rings is 1. The first-order chi connectivity index (χ1) is 11.0. The molecule has 0 atom stereocenters. The first-order valence-electron chi connectivity index (χ1n) is 6.88. The Kier molecular flexibility index (Phi) is 5.75. The van der Waals surface area contributed by atoms with Crippen LogP contribution in [0.4, 0.5) is 5.82 Å². The summed E-state index contributed by atoms with van der Waals surface area (Å²) in [5.41, 5.74) is 0.880. The highest BCUT2D eigenvalue weighted by Gasteiger charge is 2.11. The fraction of sp³-hybridized carbons (Fsp3) is 0.267. The Morgan fingerprint density at radius 2 is 2.00 bits per heavy atom. The van der Waals surface area contributed by atoms with E-state index in [1.54, 1.807) is 12.3 Å². The number of aromatic nitrogens is 1. The van der Waals surface area contributed by atoms with Gasteiger partial charge in [0.15, 0.2) is 10.4 Å². The molecule has 2 N–H and O–H groups in total. The summed E-state index contributed by atoms with van der Waals surface area (Å²) in [4.78, 5) is 29.6. The van der Waals surface area contributed by atoms with Gasteiger partial charge >= 0.3 is 0 Å². The van der Waals surface area contributed by atoms with Gasteiger partial charge in [0.1, 0.15) is 5.82 Å². The van der Waals surface area contributed by atoms with Crippen molar-refractivity contribution in [3.05, 3.63) is 46.5 Å². The first kappa shape index (κ1) is 17.0. The number of halogens is 1. The van der Waals surface area contributed by atoms with Crippen molar-refractivity contribution in [2.75, 3.05) is 25.5 Å². The third-order valence-electron chi connectivity index (χ3n) is 2.96. The number of carbonyl (C=O) groups excluding carboxylic acids is 2. The summed E-state index contributed by atoms with van der Waals surface area (Å²) < 4.78 is 5.56. The molecule has 0 unspecified atom stereocenters. The lowest BCUT2D eigenvalue weighted by molar-refractivity contribution is -0.120. The van der Waals surface area contributed by atoms with Crippen LogP contribution in [0, 0.1) is 0 Å². The Morgan fingerprint density at radius 1 is 1.22 bits per heavy atom. The maximum atomic E-state index is 11.7. The highest BCUT2D eigenvalue weighted by Crippen LogP contribution is 2.13. The third kappa shape index (κ3) is 5.10. The van der Waals surface area contributed by atoms with E-state index in [2.05, 4.69) is 31.5 Å². The van der Waals surface area contributed by atoms with Crippen LogP contribution in [0.25, 0.3) is 0 Å². The number of nitrogens with zero attached hydrogens (tertiary/aromatic N) is 2. The second kappa shape index (κ2) is 7.77. The molecule has 0 aliphatic carbocycles.